The number of hydrogen-bond donors (Lipinski definition) is 1. The van der Waals surface area contributed by atoms with E-state index in [0.717, 1.165) is 0 Å². The van der Waals surface area contributed by atoms with Crippen molar-refractivity contribution in [3.05, 3.63) is 35.9 Å². The summed E-state index contributed by atoms with van der Waals surface area (Å²) >= 11 is -2.86. The summed E-state index contributed by atoms with van der Waals surface area (Å²) in [6, 6.07) is 10.5. The fourth-order valence-corrected chi connectivity index (χ4v) is 0.838. The minimum Gasteiger partial charge on any atom is -0.750 e. The fourth-order valence-electron chi connectivity index (χ4n) is 0.838. The normalized spacial score (nSPS) is 10.9. The van der Waals surface area contributed by atoms with Gasteiger partial charge in [0, 0.05) is 0 Å². The molecule has 0 saturated heterocycles. The molecule has 1 atom stereocenters. The van der Waals surface area contributed by atoms with Crippen LogP contribution < -0.4 is 51.4 Å². The standard InChI is InChI=1S/C9H12.K.H2O3S/c1-8(2)9-6-4-3-5-7-9;;1-4(2)3/h3-8H,1-2H3;;(H2,1,2,3)/q;+1;/p-1. The quantitative estimate of drug-likeness (QED) is 0.514. The zero-order valence-electron chi connectivity index (χ0n) is 8.64. The molecule has 0 bridgehead atoms. The molecule has 74 valence electrons. The van der Waals surface area contributed by atoms with Crippen LogP contribution in [0.2, 0.25) is 0 Å². The summed E-state index contributed by atoms with van der Waals surface area (Å²) in [4.78, 5) is 0. The third-order valence-corrected chi connectivity index (χ3v) is 1.47. The summed E-state index contributed by atoms with van der Waals surface area (Å²) in [5.41, 5.74) is 1.41. The second kappa shape index (κ2) is 10.4. The molecular formula is C9H13KO3S. The molecule has 0 spiro atoms. The zero-order chi connectivity index (χ0) is 10.3. The molecular weight excluding hydrogens is 227 g/mol. The molecule has 0 aromatic heterocycles. The van der Waals surface area contributed by atoms with Gasteiger partial charge in [-0.2, -0.15) is 0 Å². The predicted octanol–water partition coefficient (Wildman–Crippen LogP) is -0.847. The molecule has 0 heterocycles. The first-order chi connectivity index (χ1) is 6.04. The zero-order valence-corrected chi connectivity index (χ0v) is 12.6. The van der Waals surface area contributed by atoms with Crippen molar-refractivity contribution in [3.63, 3.8) is 0 Å². The molecule has 1 N–H and O–H groups in total. The Morgan fingerprint density at radius 2 is 1.64 bits per heavy atom. The van der Waals surface area contributed by atoms with E-state index in [9.17, 15) is 0 Å². The van der Waals surface area contributed by atoms with Crippen molar-refractivity contribution in [2.75, 3.05) is 0 Å². The fraction of sp³-hybridized carbons (Fsp3) is 0.333. The molecule has 5 heteroatoms. The summed E-state index contributed by atoms with van der Waals surface area (Å²) in [6.07, 6.45) is 0. The summed E-state index contributed by atoms with van der Waals surface area (Å²) in [5, 5.41) is 0. The van der Waals surface area contributed by atoms with E-state index in [0.29, 0.717) is 5.92 Å². The first-order valence-corrected chi connectivity index (χ1v) is 4.90. The minimum atomic E-state index is -2.86. The van der Waals surface area contributed by atoms with E-state index < -0.39 is 11.4 Å². The van der Waals surface area contributed by atoms with Gasteiger partial charge in [-0.25, -0.2) is 4.21 Å². The average molecular weight is 240 g/mol. The Kier molecular flexibility index (Phi) is 12.9. The Balaban J connectivity index is 0. The van der Waals surface area contributed by atoms with Crippen LogP contribution in [0.15, 0.2) is 30.3 Å². The number of rotatable bonds is 1. The van der Waals surface area contributed by atoms with Gasteiger partial charge in [-0.3, -0.25) is 0 Å². The maximum Gasteiger partial charge on any atom is 1.00 e. The van der Waals surface area contributed by atoms with E-state index in [1.54, 1.807) is 0 Å². The van der Waals surface area contributed by atoms with Gasteiger partial charge in [0.05, 0.1) is 11.4 Å². The molecule has 0 fully saturated rings. The van der Waals surface area contributed by atoms with Crippen LogP contribution in [0.4, 0.5) is 0 Å². The van der Waals surface area contributed by atoms with E-state index in [2.05, 4.69) is 38.1 Å². The van der Waals surface area contributed by atoms with Crippen molar-refractivity contribution in [1.29, 1.82) is 0 Å². The Hall–Kier alpha value is 0.926. The first kappa shape index (κ1) is 17.3. The Bertz CT molecular complexity index is 247. The Morgan fingerprint density at radius 3 is 1.86 bits per heavy atom. The third kappa shape index (κ3) is 11.0. The molecule has 3 nitrogen and oxygen atoms in total. The van der Waals surface area contributed by atoms with E-state index in [1.165, 1.54) is 5.56 Å². The SMILES string of the molecule is CC(C)c1ccccc1.O=S([O-])O.[K+]. The van der Waals surface area contributed by atoms with Gasteiger partial charge < -0.3 is 9.11 Å². The molecule has 0 saturated carbocycles. The van der Waals surface area contributed by atoms with Gasteiger partial charge in [0.1, 0.15) is 0 Å². The van der Waals surface area contributed by atoms with Crippen LogP contribution in [0.5, 0.6) is 0 Å². The van der Waals surface area contributed by atoms with Gasteiger partial charge >= 0.3 is 51.4 Å². The molecule has 1 rings (SSSR count). The molecule has 0 amide bonds. The van der Waals surface area contributed by atoms with Gasteiger partial charge in [0.2, 0.25) is 0 Å². The largest absolute Gasteiger partial charge is 1.00 e. The predicted molar refractivity (Wildman–Crippen MR) is 52.1 cm³/mol. The monoisotopic (exact) mass is 240 g/mol. The average Bonchev–Trinajstić information content (AvgIpc) is 2.05. The topological polar surface area (TPSA) is 60.4 Å². The van der Waals surface area contributed by atoms with Crippen molar-refractivity contribution in [2.45, 2.75) is 19.8 Å². The Labute approximate surface area is 130 Å². The van der Waals surface area contributed by atoms with E-state index in [-0.39, 0.29) is 51.4 Å². The summed E-state index contributed by atoms with van der Waals surface area (Å²) in [6.45, 7) is 4.41. The maximum absolute atomic E-state index is 8.56. The first-order valence-electron chi connectivity index (χ1n) is 3.87. The van der Waals surface area contributed by atoms with Crippen molar-refractivity contribution in [3.8, 4) is 0 Å². The van der Waals surface area contributed by atoms with Crippen LogP contribution in [-0.2, 0) is 11.4 Å². The van der Waals surface area contributed by atoms with Crippen molar-refractivity contribution < 1.29 is 64.7 Å². The smallest absolute Gasteiger partial charge is 0.750 e. The summed E-state index contributed by atoms with van der Waals surface area (Å²) < 4.78 is 24.1. The minimum absolute atomic E-state index is 0. The molecule has 1 aromatic rings. The van der Waals surface area contributed by atoms with Gasteiger partial charge in [0.15, 0.2) is 0 Å². The summed E-state index contributed by atoms with van der Waals surface area (Å²) in [5.74, 6) is 0.659. The second-order valence-electron chi connectivity index (χ2n) is 2.78. The van der Waals surface area contributed by atoms with E-state index >= 15 is 0 Å². The van der Waals surface area contributed by atoms with Crippen LogP contribution in [0.3, 0.4) is 0 Å². The van der Waals surface area contributed by atoms with Gasteiger partial charge in [-0.1, -0.05) is 44.2 Å². The van der Waals surface area contributed by atoms with Crippen LogP contribution in [0.25, 0.3) is 0 Å². The van der Waals surface area contributed by atoms with Gasteiger partial charge in [0.25, 0.3) is 0 Å². The third-order valence-electron chi connectivity index (χ3n) is 1.47. The Morgan fingerprint density at radius 1 is 1.29 bits per heavy atom. The number of hydrogen-bond acceptors (Lipinski definition) is 2. The van der Waals surface area contributed by atoms with Gasteiger partial charge in [-0.15, -0.1) is 0 Å². The summed E-state index contributed by atoms with van der Waals surface area (Å²) in [7, 11) is 0. The van der Waals surface area contributed by atoms with Crippen LogP contribution in [-0.4, -0.2) is 13.3 Å². The van der Waals surface area contributed by atoms with Crippen molar-refractivity contribution in [2.24, 2.45) is 0 Å². The van der Waals surface area contributed by atoms with Crippen LogP contribution in [0.1, 0.15) is 25.3 Å². The van der Waals surface area contributed by atoms with Crippen molar-refractivity contribution >= 4 is 11.4 Å². The second-order valence-corrected chi connectivity index (χ2v) is 3.22. The maximum atomic E-state index is 8.56. The molecule has 0 aliphatic carbocycles. The van der Waals surface area contributed by atoms with Crippen LogP contribution >= 0.6 is 0 Å². The van der Waals surface area contributed by atoms with Crippen molar-refractivity contribution in [1.82, 2.24) is 0 Å². The molecule has 0 aliphatic heterocycles. The van der Waals surface area contributed by atoms with E-state index in [1.807, 2.05) is 6.07 Å². The molecule has 1 unspecified atom stereocenters. The molecule has 14 heavy (non-hydrogen) atoms. The molecule has 0 aliphatic rings. The molecule has 1 aromatic carbocycles. The van der Waals surface area contributed by atoms with E-state index in [4.69, 9.17) is 13.3 Å². The number of benzene rings is 1. The molecule has 0 radical (unpaired) electrons. The van der Waals surface area contributed by atoms with Crippen LogP contribution in [0, 0.1) is 0 Å². The van der Waals surface area contributed by atoms with Gasteiger partial charge in [-0.05, 0) is 11.5 Å².